The molecule has 0 spiro atoms. The highest BCUT2D eigenvalue weighted by molar-refractivity contribution is 7.88. The Kier molecular flexibility index (Phi) is 7.09. The van der Waals surface area contributed by atoms with E-state index in [1.54, 1.807) is 0 Å². The van der Waals surface area contributed by atoms with E-state index >= 15 is 0 Å². The van der Waals surface area contributed by atoms with Gasteiger partial charge in [0.2, 0.25) is 15.9 Å². The molecule has 1 N–H and O–H groups in total. The average Bonchev–Trinajstić information content (AvgIpc) is 2.68. The second-order valence-corrected chi connectivity index (χ2v) is 10.0. The van der Waals surface area contributed by atoms with Gasteiger partial charge in [-0.15, -0.1) is 0 Å². The molecule has 8 heteroatoms. The number of hydrogen-bond donors (Lipinski definition) is 1. The second kappa shape index (κ2) is 9.35. The van der Waals surface area contributed by atoms with Crippen LogP contribution in [0.15, 0.2) is 24.3 Å². The maximum Gasteiger partial charge on any atom is 0.223 e. The smallest absolute Gasteiger partial charge is 0.223 e. The van der Waals surface area contributed by atoms with Gasteiger partial charge in [-0.25, -0.2) is 12.7 Å². The van der Waals surface area contributed by atoms with Crippen molar-refractivity contribution in [2.45, 2.75) is 25.9 Å². The summed E-state index contributed by atoms with van der Waals surface area (Å²) in [5.41, 5.74) is 2.38. The lowest BCUT2D eigenvalue weighted by molar-refractivity contribution is -0.126. The third kappa shape index (κ3) is 6.01. The zero-order chi connectivity index (χ0) is 20.1. The van der Waals surface area contributed by atoms with E-state index in [0.29, 0.717) is 32.5 Å². The maximum absolute atomic E-state index is 12.5. The van der Waals surface area contributed by atoms with Crippen molar-refractivity contribution in [1.82, 2.24) is 19.4 Å². The molecular weight excluding hydrogens is 376 g/mol. The van der Waals surface area contributed by atoms with Crippen LogP contribution in [-0.2, 0) is 27.9 Å². The predicted molar refractivity (Wildman–Crippen MR) is 110 cm³/mol. The summed E-state index contributed by atoms with van der Waals surface area (Å²) in [6, 6.07) is 8.41. The molecule has 156 valence electrons. The van der Waals surface area contributed by atoms with E-state index in [1.165, 1.54) is 16.1 Å². The number of carbonyl (C=O) groups excluding carboxylic acids is 1. The Hall–Kier alpha value is -1.48. The first-order valence-corrected chi connectivity index (χ1v) is 11.9. The highest BCUT2D eigenvalue weighted by atomic mass is 32.2. The third-order valence-corrected chi connectivity index (χ3v) is 7.06. The molecule has 1 amide bonds. The third-order valence-electron chi connectivity index (χ3n) is 5.75. The standard InChI is InChI=1S/C20H32N4O3S/c1-22-10-12-23(13-11-22)16-18-5-3-4-17(14-18)15-21-20(25)19-6-8-24(9-7-19)28(2,26)27/h3-5,14,19H,6-13,15-16H2,1-2H3,(H,21,25). The molecular formula is C20H32N4O3S. The molecule has 1 aromatic rings. The number of benzene rings is 1. The van der Waals surface area contributed by atoms with E-state index < -0.39 is 10.0 Å². The lowest BCUT2D eigenvalue weighted by Gasteiger charge is -2.32. The number of nitrogens with zero attached hydrogens (tertiary/aromatic N) is 3. The summed E-state index contributed by atoms with van der Waals surface area (Å²) in [6.45, 7) is 6.70. The van der Waals surface area contributed by atoms with Crippen molar-refractivity contribution < 1.29 is 13.2 Å². The van der Waals surface area contributed by atoms with Crippen molar-refractivity contribution in [2.24, 2.45) is 5.92 Å². The van der Waals surface area contributed by atoms with Gasteiger partial charge in [0.15, 0.2) is 0 Å². The number of sulfonamides is 1. The molecule has 0 unspecified atom stereocenters. The maximum atomic E-state index is 12.5. The molecule has 0 aromatic heterocycles. The molecule has 2 aliphatic rings. The lowest BCUT2D eigenvalue weighted by Crippen LogP contribution is -2.43. The monoisotopic (exact) mass is 408 g/mol. The van der Waals surface area contributed by atoms with E-state index in [1.807, 2.05) is 6.07 Å². The largest absolute Gasteiger partial charge is 0.352 e. The molecule has 0 atom stereocenters. The van der Waals surface area contributed by atoms with Crippen LogP contribution in [0.2, 0.25) is 0 Å². The van der Waals surface area contributed by atoms with Crippen LogP contribution in [-0.4, -0.2) is 81.0 Å². The number of amides is 1. The molecule has 0 bridgehead atoms. The molecule has 7 nitrogen and oxygen atoms in total. The van der Waals surface area contributed by atoms with E-state index in [9.17, 15) is 13.2 Å². The fourth-order valence-electron chi connectivity index (χ4n) is 3.89. The van der Waals surface area contributed by atoms with Crippen LogP contribution < -0.4 is 5.32 Å². The minimum absolute atomic E-state index is 0.0256. The summed E-state index contributed by atoms with van der Waals surface area (Å²) in [4.78, 5) is 17.3. The van der Waals surface area contributed by atoms with Crippen LogP contribution in [0, 0.1) is 5.92 Å². The first kappa shape index (κ1) is 21.2. The van der Waals surface area contributed by atoms with Crippen molar-refractivity contribution in [3.05, 3.63) is 35.4 Å². The number of carbonyl (C=O) groups is 1. The van der Waals surface area contributed by atoms with Gasteiger partial charge in [0.05, 0.1) is 6.26 Å². The molecule has 0 radical (unpaired) electrons. The first-order valence-electron chi connectivity index (χ1n) is 10.0. The topological polar surface area (TPSA) is 73.0 Å². The molecule has 0 saturated carbocycles. The van der Waals surface area contributed by atoms with Crippen LogP contribution >= 0.6 is 0 Å². The summed E-state index contributed by atoms with van der Waals surface area (Å²) in [5, 5.41) is 3.03. The van der Waals surface area contributed by atoms with E-state index in [0.717, 1.165) is 38.3 Å². The molecule has 0 aliphatic carbocycles. The van der Waals surface area contributed by atoms with Crippen molar-refractivity contribution >= 4 is 15.9 Å². The van der Waals surface area contributed by atoms with Crippen molar-refractivity contribution in [1.29, 1.82) is 0 Å². The zero-order valence-corrected chi connectivity index (χ0v) is 17.7. The number of likely N-dealkylation sites (N-methyl/N-ethyl adjacent to an activating group) is 1. The summed E-state index contributed by atoms with van der Waals surface area (Å²) < 4.78 is 24.6. The molecule has 2 saturated heterocycles. The lowest BCUT2D eigenvalue weighted by atomic mass is 9.97. The molecule has 28 heavy (non-hydrogen) atoms. The predicted octanol–water partition coefficient (Wildman–Crippen LogP) is 0.722. The minimum Gasteiger partial charge on any atom is -0.352 e. The first-order chi connectivity index (χ1) is 13.3. The summed E-state index contributed by atoms with van der Waals surface area (Å²) in [7, 11) is -0.997. The van der Waals surface area contributed by atoms with Gasteiger partial charge in [0.25, 0.3) is 0 Å². The Morgan fingerprint density at radius 1 is 1.07 bits per heavy atom. The highest BCUT2D eigenvalue weighted by Crippen LogP contribution is 2.19. The summed E-state index contributed by atoms with van der Waals surface area (Å²) in [6.07, 6.45) is 2.40. The van der Waals surface area contributed by atoms with Gasteiger partial charge in [-0.1, -0.05) is 24.3 Å². The fraction of sp³-hybridized carbons (Fsp3) is 0.650. The van der Waals surface area contributed by atoms with Gasteiger partial charge >= 0.3 is 0 Å². The Balaban J connectivity index is 1.46. The van der Waals surface area contributed by atoms with Crippen LogP contribution in [0.25, 0.3) is 0 Å². The van der Waals surface area contributed by atoms with Crippen LogP contribution in [0.5, 0.6) is 0 Å². The van der Waals surface area contributed by atoms with Gasteiger partial charge in [-0.2, -0.15) is 0 Å². The minimum atomic E-state index is -3.16. The number of piperazine rings is 1. The molecule has 2 aliphatic heterocycles. The average molecular weight is 409 g/mol. The van der Waals surface area contributed by atoms with Gasteiger partial charge < -0.3 is 10.2 Å². The van der Waals surface area contributed by atoms with Crippen molar-refractivity contribution in [2.75, 3.05) is 52.6 Å². The van der Waals surface area contributed by atoms with E-state index in [2.05, 4.69) is 40.4 Å². The Labute approximate surface area is 168 Å². The molecule has 2 fully saturated rings. The number of piperidine rings is 1. The number of nitrogens with one attached hydrogen (secondary N) is 1. The number of hydrogen-bond acceptors (Lipinski definition) is 5. The van der Waals surface area contributed by atoms with Gasteiger partial charge in [0, 0.05) is 58.3 Å². The molecule has 2 heterocycles. The Morgan fingerprint density at radius 3 is 2.36 bits per heavy atom. The van der Waals surface area contributed by atoms with E-state index in [-0.39, 0.29) is 11.8 Å². The zero-order valence-electron chi connectivity index (χ0n) is 16.9. The van der Waals surface area contributed by atoms with Crippen molar-refractivity contribution in [3.63, 3.8) is 0 Å². The fourth-order valence-corrected chi connectivity index (χ4v) is 4.76. The van der Waals surface area contributed by atoms with E-state index in [4.69, 9.17) is 0 Å². The normalized spacial score (nSPS) is 20.9. The van der Waals surface area contributed by atoms with Crippen LogP contribution in [0.4, 0.5) is 0 Å². The second-order valence-electron chi connectivity index (χ2n) is 8.05. The highest BCUT2D eigenvalue weighted by Gasteiger charge is 2.28. The summed E-state index contributed by atoms with van der Waals surface area (Å²) >= 11 is 0. The van der Waals surface area contributed by atoms with Crippen LogP contribution in [0.1, 0.15) is 24.0 Å². The number of rotatable bonds is 6. The van der Waals surface area contributed by atoms with Gasteiger partial charge in [0.1, 0.15) is 0 Å². The quantitative estimate of drug-likeness (QED) is 0.751. The van der Waals surface area contributed by atoms with Gasteiger partial charge in [-0.3, -0.25) is 9.69 Å². The van der Waals surface area contributed by atoms with Crippen molar-refractivity contribution in [3.8, 4) is 0 Å². The van der Waals surface area contributed by atoms with Crippen LogP contribution in [0.3, 0.4) is 0 Å². The molecule has 1 aromatic carbocycles. The van der Waals surface area contributed by atoms with Gasteiger partial charge in [-0.05, 0) is 31.0 Å². The Bertz CT molecular complexity index is 767. The summed E-state index contributed by atoms with van der Waals surface area (Å²) in [5.74, 6) is -0.0795. The SMILES string of the molecule is CN1CCN(Cc2cccc(CNC(=O)C3CCN(S(C)(=O)=O)CC3)c2)CC1. The Morgan fingerprint density at radius 2 is 1.71 bits per heavy atom. The molecule has 3 rings (SSSR count).